The second kappa shape index (κ2) is 8.45. The highest BCUT2D eigenvalue weighted by Gasteiger charge is 2.43. The van der Waals surface area contributed by atoms with E-state index in [0.717, 1.165) is 19.3 Å². The second-order valence-corrected chi connectivity index (χ2v) is 7.21. The van der Waals surface area contributed by atoms with E-state index < -0.39 is 11.4 Å². The molecule has 1 aromatic rings. The number of aliphatic carboxylic acids is 1. The summed E-state index contributed by atoms with van der Waals surface area (Å²) >= 11 is 1.71. The summed E-state index contributed by atoms with van der Waals surface area (Å²) < 4.78 is 5.06. The number of hydrogen-bond donors (Lipinski definition) is 1. The molecule has 5 nitrogen and oxygen atoms in total. The Balaban J connectivity index is 1.88. The number of amides is 1. The van der Waals surface area contributed by atoms with Crippen molar-refractivity contribution in [3.8, 4) is 0 Å². The molecule has 0 radical (unpaired) electrons. The SMILES string of the molecule is COCC[C@@]1(C(=O)O)CCCN(C(=O)CCCc2cccs2)C1. The molecular formula is C17H25NO4S. The summed E-state index contributed by atoms with van der Waals surface area (Å²) in [5.41, 5.74) is -0.850. The number of carbonyl (C=O) groups excluding carboxylic acids is 1. The number of carboxylic acid groups (broad SMARTS) is 1. The molecule has 0 aliphatic carbocycles. The lowest BCUT2D eigenvalue weighted by Gasteiger charge is -2.40. The number of methoxy groups -OCH3 is 1. The molecule has 1 N–H and O–H groups in total. The number of nitrogens with zero attached hydrogens (tertiary/aromatic N) is 1. The minimum Gasteiger partial charge on any atom is -0.481 e. The Morgan fingerprint density at radius 2 is 2.30 bits per heavy atom. The van der Waals surface area contributed by atoms with Crippen molar-refractivity contribution >= 4 is 23.2 Å². The van der Waals surface area contributed by atoms with Gasteiger partial charge in [-0.2, -0.15) is 0 Å². The lowest BCUT2D eigenvalue weighted by atomic mass is 9.77. The minimum absolute atomic E-state index is 0.0734. The van der Waals surface area contributed by atoms with E-state index in [2.05, 4.69) is 6.07 Å². The second-order valence-electron chi connectivity index (χ2n) is 6.18. The van der Waals surface area contributed by atoms with Gasteiger partial charge in [-0.05, 0) is 43.6 Å². The topological polar surface area (TPSA) is 66.8 Å². The van der Waals surface area contributed by atoms with Crippen LogP contribution >= 0.6 is 11.3 Å². The van der Waals surface area contributed by atoms with Crippen molar-refractivity contribution < 1.29 is 19.4 Å². The highest BCUT2D eigenvalue weighted by atomic mass is 32.1. The van der Waals surface area contributed by atoms with Gasteiger partial charge in [-0.1, -0.05) is 6.07 Å². The number of carboxylic acids is 1. The third-order valence-corrected chi connectivity index (χ3v) is 5.50. The van der Waals surface area contributed by atoms with Crippen LogP contribution in [0.4, 0.5) is 0 Å². The molecule has 1 saturated heterocycles. The van der Waals surface area contributed by atoms with Crippen LogP contribution in [-0.2, 0) is 20.7 Å². The van der Waals surface area contributed by atoms with Gasteiger partial charge in [-0.3, -0.25) is 9.59 Å². The first-order valence-corrected chi connectivity index (χ1v) is 8.98. The number of piperidine rings is 1. The number of ether oxygens (including phenoxy) is 1. The Morgan fingerprint density at radius 3 is 2.96 bits per heavy atom. The predicted octanol–water partition coefficient (Wildman–Crippen LogP) is 2.80. The molecule has 128 valence electrons. The van der Waals surface area contributed by atoms with Crippen LogP contribution in [0.2, 0.25) is 0 Å². The van der Waals surface area contributed by atoms with Crippen LogP contribution in [0.5, 0.6) is 0 Å². The van der Waals surface area contributed by atoms with Crippen molar-refractivity contribution in [2.24, 2.45) is 5.41 Å². The molecule has 1 aromatic heterocycles. The van der Waals surface area contributed by atoms with Crippen LogP contribution in [0.1, 0.15) is 37.0 Å². The summed E-state index contributed by atoms with van der Waals surface area (Å²) in [5.74, 6) is -0.741. The zero-order valence-electron chi connectivity index (χ0n) is 13.6. The summed E-state index contributed by atoms with van der Waals surface area (Å²) in [7, 11) is 1.58. The van der Waals surface area contributed by atoms with E-state index in [-0.39, 0.29) is 5.91 Å². The van der Waals surface area contributed by atoms with Crippen LogP contribution in [0, 0.1) is 5.41 Å². The largest absolute Gasteiger partial charge is 0.481 e. The molecule has 1 aliphatic heterocycles. The molecular weight excluding hydrogens is 314 g/mol. The minimum atomic E-state index is -0.850. The molecule has 0 aromatic carbocycles. The molecule has 0 saturated carbocycles. The Bertz CT molecular complexity index is 517. The van der Waals surface area contributed by atoms with E-state index in [9.17, 15) is 14.7 Å². The van der Waals surface area contributed by atoms with Gasteiger partial charge in [-0.15, -0.1) is 11.3 Å². The van der Waals surface area contributed by atoms with Gasteiger partial charge in [0, 0.05) is 38.1 Å². The van der Waals surface area contributed by atoms with E-state index in [0.29, 0.717) is 39.0 Å². The Labute approximate surface area is 141 Å². The monoisotopic (exact) mass is 339 g/mol. The molecule has 0 unspecified atom stereocenters. The molecule has 1 fully saturated rings. The first-order chi connectivity index (χ1) is 11.1. The summed E-state index contributed by atoms with van der Waals surface area (Å²) in [4.78, 5) is 27.2. The van der Waals surface area contributed by atoms with Crippen LogP contribution in [-0.4, -0.2) is 48.7 Å². The standard InChI is InChI=1S/C17H25NO4S/c1-22-11-9-17(16(20)21)8-4-10-18(13-17)15(19)7-2-5-14-6-3-12-23-14/h3,6,12H,2,4-5,7-11,13H2,1H3,(H,20,21)/t17-/m0/s1. The normalized spacial score (nSPS) is 21.3. The predicted molar refractivity (Wildman–Crippen MR) is 89.6 cm³/mol. The van der Waals surface area contributed by atoms with Gasteiger partial charge in [0.05, 0.1) is 5.41 Å². The van der Waals surface area contributed by atoms with Gasteiger partial charge in [0.1, 0.15) is 0 Å². The molecule has 2 rings (SSSR count). The smallest absolute Gasteiger partial charge is 0.311 e. The first-order valence-electron chi connectivity index (χ1n) is 8.10. The lowest BCUT2D eigenvalue weighted by molar-refractivity contribution is -0.156. The molecule has 1 atom stereocenters. The van der Waals surface area contributed by atoms with Gasteiger partial charge in [0.25, 0.3) is 0 Å². The molecule has 1 amide bonds. The first kappa shape index (κ1) is 17.9. The summed E-state index contributed by atoms with van der Waals surface area (Å²) in [6.45, 7) is 1.39. The zero-order valence-corrected chi connectivity index (χ0v) is 14.4. The number of hydrogen-bond acceptors (Lipinski definition) is 4. The zero-order chi connectivity index (χ0) is 16.7. The van der Waals surface area contributed by atoms with Gasteiger partial charge < -0.3 is 14.7 Å². The fourth-order valence-corrected chi connectivity index (χ4v) is 3.91. The number of thiophene rings is 1. The number of rotatable bonds is 8. The molecule has 6 heteroatoms. The van der Waals surface area contributed by atoms with Crippen molar-refractivity contribution in [2.75, 3.05) is 26.8 Å². The maximum Gasteiger partial charge on any atom is 0.311 e. The van der Waals surface area contributed by atoms with Crippen LogP contribution in [0.3, 0.4) is 0 Å². The third kappa shape index (κ3) is 4.78. The average molecular weight is 339 g/mol. The number of aryl methyl sites for hydroxylation is 1. The molecule has 23 heavy (non-hydrogen) atoms. The lowest BCUT2D eigenvalue weighted by Crippen LogP contribution is -2.50. The van der Waals surface area contributed by atoms with Crippen molar-refractivity contribution in [3.63, 3.8) is 0 Å². The van der Waals surface area contributed by atoms with Crippen LogP contribution in [0.25, 0.3) is 0 Å². The third-order valence-electron chi connectivity index (χ3n) is 4.56. The molecule has 0 bridgehead atoms. The molecule has 1 aliphatic rings. The van der Waals surface area contributed by atoms with Crippen molar-refractivity contribution in [1.29, 1.82) is 0 Å². The van der Waals surface area contributed by atoms with Gasteiger partial charge in [-0.25, -0.2) is 0 Å². The van der Waals surface area contributed by atoms with Crippen molar-refractivity contribution in [1.82, 2.24) is 4.90 Å². The highest BCUT2D eigenvalue weighted by Crippen LogP contribution is 2.34. The van der Waals surface area contributed by atoms with E-state index in [4.69, 9.17) is 4.74 Å². The fourth-order valence-electron chi connectivity index (χ4n) is 3.15. The summed E-state index contributed by atoms with van der Waals surface area (Å²) in [6, 6.07) is 4.10. The van der Waals surface area contributed by atoms with E-state index in [1.807, 2.05) is 11.4 Å². The maximum atomic E-state index is 12.4. The van der Waals surface area contributed by atoms with E-state index >= 15 is 0 Å². The van der Waals surface area contributed by atoms with E-state index in [1.165, 1.54) is 4.88 Å². The van der Waals surface area contributed by atoms with Crippen LogP contribution < -0.4 is 0 Å². The number of likely N-dealkylation sites (tertiary alicyclic amines) is 1. The highest BCUT2D eigenvalue weighted by molar-refractivity contribution is 7.09. The van der Waals surface area contributed by atoms with Gasteiger partial charge in [0.2, 0.25) is 5.91 Å². The quantitative estimate of drug-likeness (QED) is 0.791. The summed E-state index contributed by atoms with van der Waals surface area (Å²) in [5, 5.41) is 11.7. The van der Waals surface area contributed by atoms with Gasteiger partial charge in [0.15, 0.2) is 0 Å². The van der Waals surface area contributed by atoms with Crippen molar-refractivity contribution in [3.05, 3.63) is 22.4 Å². The average Bonchev–Trinajstić information content (AvgIpc) is 3.06. The number of carbonyl (C=O) groups is 2. The van der Waals surface area contributed by atoms with E-state index in [1.54, 1.807) is 23.3 Å². The van der Waals surface area contributed by atoms with Crippen molar-refractivity contribution in [2.45, 2.75) is 38.5 Å². The van der Waals surface area contributed by atoms with Gasteiger partial charge >= 0.3 is 5.97 Å². The maximum absolute atomic E-state index is 12.4. The fraction of sp³-hybridized carbons (Fsp3) is 0.647. The Kier molecular flexibility index (Phi) is 6.59. The molecule has 0 spiro atoms. The molecule has 2 heterocycles. The Hall–Kier alpha value is -1.40. The summed E-state index contributed by atoms with van der Waals surface area (Å²) in [6.07, 6.45) is 4.02. The Morgan fingerprint density at radius 1 is 1.48 bits per heavy atom. The van der Waals surface area contributed by atoms with Crippen LogP contribution in [0.15, 0.2) is 17.5 Å².